The van der Waals surface area contributed by atoms with Crippen LogP contribution >= 0.6 is 11.8 Å². The number of anilines is 1. The van der Waals surface area contributed by atoms with E-state index in [-0.39, 0.29) is 30.5 Å². The van der Waals surface area contributed by atoms with Crippen LogP contribution in [0.4, 0.5) is 5.69 Å². The maximum atomic E-state index is 13.2. The van der Waals surface area contributed by atoms with Crippen LogP contribution in [0, 0.1) is 11.3 Å². The first-order valence-corrected chi connectivity index (χ1v) is 15.3. The normalized spacial score (nSPS) is 18.8. The largest absolute Gasteiger partial charge is 0.394 e. The Morgan fingerprint density at radius 3 is 2.60 bits per heavy atom. The standard InChI is InChI=1S/C31H38N6O4S/c1-2-37-30(41)27(42-31(37)25(19-32)29(40)35-26(21-38)22-10-4-3-5-11-22)20-34-24-13-8-12-23(18-24)28(39)33-14-9-17-36-15-6-7-16-36/h3-5,8,10-13,18,26-27,34,38H,2,6-7,9,14-17,20-21H2,1H3,(H,33,39)(H,35,40)/b31-25-. The molecule has 3 amide bonds. The SMILES string of the molecule is CCN1C(=O)C(CNc2cccc(C(=O)NCCCN3CCCC3)c2)S/C1=C(/C#N)C(=O)NC(CO)c1ccccc1. The zero-order chi connectivity index (χ0) is 29.9. The third-order valence-corrected chi connectivity index (χ3v) is 8.65. The van der Waals surface area contributed by atoms with Crippen molar-refractivity contribution in [3.8, 4) is 6.07 Å². The molecule has 0 spiro atoms. The fraction of sp³-hybridized carbons (Fsp3) is 0.419. The fourth-order valence-corrected chi connectivity index (χ4v) is 6.35. The van der Waals surface area contributed by atoms with Gasteiger partial charge in [0.1, 0.15) is 21.9 Å². The highest BCUT2D eigenvalue weighted by Crippen LogP contribution is 2.37. The second-order valence-corrected chi connectivity index (χ2v) is 11.4. The molecule has 2 aliphatic heterocycles. The Kier molecular flexibility index (Phi) is 11.4. The summed E-state index contributed by atoms with van der Waals surface area (Å²) < 4.78 is 0. The summed E-state index contributed by atoms with van der Waals surface area (Å²) in [6, 6.07) is 17.4. The van der Waals surface area contributed by atoms with Gasteiger partial charge in [0, 0.05) is 30.9 Å². The smallest absolute Gasteiger partial charge is 0.265 e. The van der Waals surface area contributed by atoms with Crippen molar-refractivity contribution in [2.75, 3.05) is 51.2 Å². The van der Waals surface area contributed by atoms with Gasteiger partial charge in [-0.1, -0.05) is 48.2 Å². The number of rotatable bonds is 13. The van der Waals surface area contributed by atoms with E-state index in [1.165, 1.54) is 17.7 Å². The van der Waals surface area contributed by atoms with Crippen molar-refractivity contribution >= 4 is 35.2 Å². The van der Waals surface area contributed by atoms with E-state index < -0.39 is 17.2 Å². The molecule has 0 bridgehead atoms. The topological polar surface area (TPSA) is 138 Å². The highest BCUT2D eigenvalue weighted by molar-refractivity contribution is 8.04. The van der Waals surface area contributed by atoms with E-state index in [1.807, 2.05) is 18.2 Å². The van der Waals surface area contributed by atoms with Gasteiger partial charge in [0.05, 0.1) is 12.6 Å². The number of nitrogens with zero attached hydrogens (tertiary/aromatic N) is 3. The van der Waals surface area contributed by atoms with E-state index in [9.17, 15) is 24.8 Å². The summed E-state index contributed by atoms with van der Waals surface area (Å²) in [6.45, 7) is 5.87. The van der Waals surface area contributed by atoms with Crippen molar-refractivity contribution in [1.82, 2.24) is 20.4 Å². The third kappa shape index (κ3) is 7.91. The van der Waals surface area contributed by atoms with Gasteiger partial charge in [-0.25, -0.2) is 0 Å². The first-order chi connectivity index (χ1) is 20.4. The molecule has 2 aromatic carbocycles. The number of benzene rings is 2. The molecule has 0 radical (unpaired) electrons. The molecule has 2 heterocycles. The van der Waals surface area contributed by atoms with Crippen LogP contribution in [0.15, 0.2) is 65.2 Å². The summed E-state index contributed by atoms with van der Waals surface area (Å²) in [5, 5.41) is 28.4. The van der Waals surface area contributed by atoms with Gasteiger partial charge in [0.25, 0.3) is 11.8 Å². The molecule has 0 aromatic heterocycles. The van der Waals surface area contributed by atoms with Crippen LogP contribution in [-0.2, 0) is 9.59 Å². The lowest BCUT2D eigenvalue weighted by molar-refractivity contribution is -0.127. The number of hydrogen-bond acceptors (Lipinski definition) is 8. The maximum Gasteiger partial charge on any atom is 0.265 e. The number of carbonyl (C=O) groups is 3. The van der Waals surface area contributed by atoms with Gasteiger partial charge < -0.3 is 30.9 Å². The summed E-state index contributed by atoms with van der Waals surface area (Å²) in [5.74, 6) is -1.00. The van der Waals surface area contributed by atoms with Crippen LogP contribution in [0.3, 0.4) is 0 Å². The number of carbonyl (C=O) groups excluding carboxylic acids is 3. The van der Waals surface area contributed by atoms with Gasteiger partial charge in [-0.05, 0) is 69.6 Å². The number of nitriles is 1. The van der Waals surface area contributed by atoms with Crippen molar-refractivity contribution in [2.45, 2.75) is 37.5 Å². The Balaban J connectivity index is 1.36. The molecular weight excluding hydrogens is 552 g/mol. The van der Waals surface area contributed by atoms with Crippen molar-refractivity contribution in [2.24, 2.45) is 0 Å². The summed E-state index contributed by atoms with van der Waals surface area (Å²) in [5.41, 5.74) is 1.76. The summed E-state index contributed by atoms with van der Waals surface area (Å²) in [4.78, 5) is 42.9. The Morgan fingerprint density at radius 1 is 1.14 bits per heavy atom. The molecule has 2 aromatic rings. The van der Waals surface area contributed by atoms with E-state index in [4.69, 9.17) is 0 Å². The van der Waals surface area contributed by atoms with E-state index in [0.717, 1.165) is 37.8 Å². The van der Waals surface area contributed by atoms with Gasteiger partial charge in [0.2, 0.25) is 5.91 Å². The average Bonchev–Trinajstić information content (AvgIpc) is 3.65. The summed E-state index contributed by atoms with van der Waals surface area (Å²) >= 11 is 1.16. The Bertz CT molecular complexity index is 1320. The van der Waals surface area contributed by atoms with E-state index in [1.54, 1.807) is 49.4 Å². The molecule has 4 rings (SSSR count). The second kappa shape index (κ2) is 15.4. The van der Waals surface area contributed by atoms with Crippen molar-refractivity contribution in [3.05, 3.63) is 76.3 Å². The van der Waals surface area contributed by atoms with Crippen LogP contribution < -0.4 is 16.0 Å². The monoisotopic (exact) mass is 590 g/mol. The Labute approximate surface area is 251 Å². The average molecular weight is 591 g/mol. The number of aliphatic hydroxyl groups is 1. The minimum Gasteiger partial charge on any atom is -0.394 e. The number of aliphatic hydroxyl groups excluding tert-OH is 1. The van der Waals surface area contributed by atoms with Crippen molar-refractivity contribution in [3.63, 3.8) is 0 Å². The summed E-state index contributed by atoms with van der Waals surface area (Å²) in [7, 11) is 0. The first kappa shape index (κ1) is 31.1. The molecule has 2 aliphatic rings. The van der Waals surface area contributed by atoms with Gasteiger partial charge in [0.15, 0.2) is 0 Å². The van der Waals surface area contributed by atoms with Crippen molar-refractivity contribution in [1.29, 1.82) is 5.26 Å². The van der Waals surface area contributed by atoms with E-state index in [2.05, 4.69) is 20.9 Å². The Morgan fingerprint density at radius 2 is 1.90 bits per heavy atom. The minimum absolute atomic E-state index is 0.143. The lowest BCUT2D eigenvalue weighted by Crippen LogP contribution is -2.35. The molecule has 222 valence electrons. The molecule has 0 aliphatic carbocycles. The molecule has 2 saturated heterocycles. The fourth-order valence-electron chi connectivity index (χ4n) is 5.08. The van der Waals surface area contributed by atoms with Gasteiger partial charge in [-0.2, -0.15) is 5.26 Å². The molecule has 2 atom stereocenters. The predicted molar refractivity (Wildman–Crippen MR) is 163 cm³/mol. The van der Waals surface area contributed by atoms with Gasteiger partial charge in [-0.3, -0.25) is 14.4 Å². The molecule has 2 unspecified atom stereocenters. The van der Waals surface area contributed by atoms with Gasteiger partial charge >= 0.3 is 0 Å². The van der Waals surface area contributed by atoms with E-state index >= 15 is 0 Å². The minimum atomic E-state index is -0.688. The van der Waals surface area contributed by atoms with Crippen molar-refractivity contribution < 1.29 is 19.5 Å². The van der Waals surface area contributed by atoms with Crippen LogP contribution in [0.2, 0.25) is 0 Å². The summed E-state index contributed by atoms with van der Waals surface area (Å²) in [6.07, 6.45) is 3.41. The number of nitrogens with one attached hydrogen (secondary N) is 3. The lowest BCUT2D eigenvalue weighted by Gasteiger charge is -2.19. The van der Waals surface area contributed by atoms with Crippen LogP contribution in [-0.4, -0.2) is 83.8 Å². The second-order valence-electron chi connectivity index (χ2n) is 10.2. The number of thioether (sulfide) groups is 1. The van der Waals surface area contributed by atoms with Crippen LogP contribution in [0.25, 0.3) is 0 Å². The first-order valence-electron chi connectivity index (χ1n) is 14.4. The third-order valence-electron chi connectivity index (χ3n) is 7.35. The van der Waals surface area contributed by atoms with Crippen LogP contribution in [0.1, 0.15) is 48.1 Å². The molecule has 10 nitrogen and oxygen atoms in total. The number of likely N-dealkylation sites (tertiary alicyclic amines) is 1. The molecule has 0 saturated carbocycles. The maximum absolute atomic E-state index is 13.2. The zero-order valence-electron chi connectivity index (χ0n) is 23.8. The van der Waals surface area contributed by atoms with Crippen LogP contribution in [0.5, 0.6) is 0 Å². The molecule has 42 heavy (non-hydrogen) atoms. The molecular formula is C31H38N6O4S. The highest BCUT2D eigenvalue weighted by Gasteiger charge is 2.39. The molecule has 4 N–H and O–H groups in total. The zero-order valence-corrected chi connectivity index (χ0v) is 24.7. The van der Waals surface area contributed by atoms with Gasteiger partial charge in [-0.15, -0.1) is 0 Å². The quantitative estimate of drug-likeness (QED) is 0.159. The lowest BCUT2D eigenvalue weighted by atomic mass is 10.1. The number of amides is 3. The Hall–Kier alpha value is -3.85. The number of hydrogen-bond donors (Lipinski definition) is 4. The van der Waals surface area contributed by atoms with E-state index in [0.29, 0.717) is 34.9 Å². The molecule has 2 fully saturated rings. The molecule has 11 heteroatoms. The predicted octanol–water partition coefficient (Wildman–Crippen LogP) is 2.86. The highest BCUT2D eigenvalue weighted by atomic mass is 32.2.